The van der Waals surface area contributed by atoms with Crippen LogP contribution in [0.1, 0.15) is 39.4 Å². The van der Waals surface area contributed by atoms with Crippen LogP contribution in [0.15, 0.2) is 42.6 Å². The van der Waals surface area contributed by atoms with Gasteiger partial charge in [0.1, 0.15) is 11.9 Å². The highest BCUT2D eigenvalue weighted by Crippen LogP contribution is 2.37. The van der Waals surface area contributed by atoms with E-state index in [0.717, 1.165) is 33.3 Å². The molecule has 2 aromatic carbocycles. The fourth-order valence-electron chi connectivity index (χ4n) is 4.56. The molecule has 2 atom stereocenters. The summed E-state index contributed by atoms with van der Waals surface area (Å²) >= 11 is 0. The monoisotopic (exact) mass is 428 g/mol. The smallest absolute Gasteiger partial charge is 0.335 e. The Balaban J connectivity index is 1.66. The Morgan fingerprint density at radius 2 is 1.97 bits per heavy atom. The summed E-state index contributed by atoms with van der Waals surface area (Å²) in [6, 6.07) is 10.7. The molecule has 1 fully saturated rings. The standard InChI is InChI=1S/C24H26F2N2O3/c1-14-11-15(2)23(18-7-9-27-22(14)18)31-20-8-10-28(13-21(25)26)12-19(20)16-3-5-17(6-4-16)24(29)30/h3-7,9,11,19-21,27H,8,10,12-13H2,1-2H3,(H,29,30)/t19-,20+/m0/s1. The zero-order chi connectivity index (χ0) is 22.1. The second kappa shape index (κ2) is 8.67. The number of aromatic amines is 1. The largest absolute Gasteiger partial charge is 0.489 e. The van der Waals surface area contributed by atoms with Crippen molar-refractivity contribution in [2.45, 2.75) is 38.7 Å². The molecule has 1 saturated heterocycles. The molecule has 5 nitrogen and oxygen atoms in total. The van der Waals surface area contributed by atoms with Crippen molar-refractivity contribution in [3.8, 4) is 5.75 Å². The summed E-state index contributed by atoms with van der Waals surface area (Å²) in [7, 11) is 0. The average Bonchev–Trinajstić information content (AvgIpc) is 3.22. The van der Waals surface area contributed by atoms with Gasteiger partial charge < -0.3 is 14.8 Å². The van der Waals surface area contributed by atoms with E-state index >= 15 is 0 Å². The third-order valence-corrected chi connectivity index (χ3v) is 6.06. The number of carboxylic acids is 1. The summed E-state index contributed by atoms with van der Waals surface area (Å²) in [6.07, 6.45) is -0.107. The molecule has 31 heavy (non-hydrogen) atoms. The molecule has 2 heterocycles. The SMILES string of the molecule is Cc1cc(C)c2[nH]ccc2c1O[C@@H]1CCN(CC(F)F)C[C@H]1c1ccc(C(=O)O)cc1. The summed E-state index contributed by atoms with van der Waals surface area (Å²) in [4.78, 5) is 16.2. The molecule has 0 amide bonds. The summed E-state index contributed by atoms with van der Waals surface area (Å²) in [5.41, 5.74) is 4.28. The van der Waals surface area contributed by atoms with Crippen molar-refractivity contribution in [2.75, 3.05) is 19.6 Å². The second-order valence-corrected chi connectivity index (χ2v) is 8.24. The quantitative estimate of drug-likeness (QED) is 0.581. The number of nitrogens with zero attached hydrogens (tertiary/aromatic N) is 1. The van der Waals surface area contributed by atoms with Crippen LogP contribution in [0.3, 0.4) is 0 Å². The van der Waals surface area contributed by atoms with Gasteiger partial charge in [-0.25, -0.2) is 13.6 Å². The van der Waals surface area contributed by atoms with Crippen molar-refractivity contribution in [3.63, 3.8) is 0 Å². The van der Waals surface area contributed by atoms with Gasteiger partial charge in [-0.1, -0.05) is 18.2 Å². The maximum atomic E-state index is 13.0. The first-order valence-corrected chi connectivity index (χ1v) is 10.4. The number of hydrogen-bond acceptors (Lipinski definition) is 3. The van der Waals surface area contributed by atoms with Crippen molar-refractivity contribution in [2.24, 2.45) is 0 Å². The molecule has 1 aliphatic rings. The van der Waals surface area contributed by atoms with E-state index in [2.05, 4.69) is 11.1 Å². The lowest BCUT2D eigenvalue weighted by atomic mass is 9.87. The first-order chi connectivity index (χ1) is 14.8. The molecule has 0 spiro atoms. The van der Waals surface area contributed by atoms with E-state index < -0.39 is 12.4 Å². The van der Waals surface area contributed by atoms with Gasteiger partial charge in [0, 0.05) is 30.6 Å². The molecule has 1 aromatic heterocycles. The number of carbonyl (C=O) groups is 1. The first kappa shape index (κ1) is 21.3. The lowest BCUT2D eigenvalue weighted by Crippen LogP contribution is -2.45. The predicted molar refractivity (Wildman–Crippen MR) is 115 cm³/mol. The molecule has 164 valence electrons. The number of carboxylic acid groups (broad SMARTS) is 1. The van der Waals surface area contributed by atoms with E-state index in [0.29, 0.717) is 19.5 Å². The Labute approximate surface area is 179 Å². The molecular formula is C24H26F2N2O3. The van der Waals surface area contributed by atoms with Gasteiger partial charge in [-0.2, -0.15) is 0 Å². The fraction of sp³-hybridized carbons (Fsp3) is 0.375. The zero-order valence-corrected chi connectivity index (χ0v) is 17.6. The normalized spacial score (nSPS) is 19.8. The van der Waals surface area contributed by atoms with E-state index in [1.54, 1.807) is 29.2 Å². The molecular weight excluding hydrogens is 402 g/mol. The molecule has 0 unspecified atom stereocenters. The number of nitrogens with one attached hydrogen (secondary N) is 1. The molecule has 0 bridgehead atoms. The van der Waals surface area contributed by atoms with Gasteiger partial charge >= 0.3 is 5.97 Å². The number of fused-ring (bicyclic) bond motifs is 1. The molecule has 0 aliphatic carbocycles. The van der Waals surface area contributed by atoms with Crippen LogP contribution in [-0.2, 0) is 0 Å². The third kappa shape index (κ3) is 4.42. The Kier molecular flexibility index (Phi) is 5.96. The van der Waals surface area contributed by atoms with Crippen LogP contribution in [0, 0.1) is 13.8 Å². The van der Waals surface area contributed by atoms with Gasteiger partial charge in [0.25, 0.3) is 6.43 Å². The maximum Gasteiger partial charge on any atom is 0.335 e. The van der Waals surface area contributed by atoms with Crippen molar-refractivity contribution >= 4 is 16.9 Å². The van der Waals surface area contributed by atoms with E-state index in [4.69, 9.17) is 4.74 Å². The predicted octanol–water partition coefficient (Wildman–Crippen LogP) is 4.98. The van der Waals surface area contributed by atoms with E-state index in [9.17, 15) is 18.7 Å². The number of piperidine rings is 1. The van der Waals surface area contributed by atoms with Crippen molar-refractivity contribution in [1.29, 1.82) is 0 Å². The zero-order valence-electron chi connectivity index (χ0n) is 17.6. The number of hydrogen-bond donors (Lipinski definition) is 2. The van der Waals surface area contributed by atoms with Gasteiger partial charge in [-0.05, 0) is 55.2 Å². The molecule has 2 N–H and O–H groups in total. The Bertz CT molecular complexity index is 1080. The molecule has 7 heteroatoms. The van der Waals surface area contributed by atoms with Crippen LogP contribution in [-0.4, -0.2) is 53.1 Å². The summed E-state index contributed by atoms with van der Waals surface area (Å²) in [5.74, 6) is -0.334. The molecule has 0 radical (unpaired) electrons. The minimum absolute atomic E-state index is 0.148. The highest BCUT2D eigenvalue weighted by Gasteiger charge is 2.33. The van der Waals surface area contributed by atoms with Crippen LogP contribution in [0.2, 0.25) is 0 Å². The highest BCUT2D eigenvalue weighted by molar-refractivity contribution is 5.90. The highest BCUT2D eigenvalue weighted by atomic mass is 19.3. The second-order valence-electron chi connectivity index (χ2n) is 8.24. The van der Waals surface area contributed by atoms with Crippen LogP contribution in [0.4, 0.5) is 8.78 Å². The van der Waals surface area contributed by atoms with Crippen LogP contribution in [0.25, 0.3) is 10.9 Å². The van der Waals surface area contributed by atoms with Gasteiger partial charge in [0.2, 0.25) is 0 Å². The van der Waals surface area contributed by atoms with E-state index in [-0.39, 0.29) is 24.1 Å². The fourth-order valence-corrected chi connectivity index (χ4v) is 4.56. The first-order valence-electron chi connectivity index (χ1n) is 10.4. The summed E-state index contributed by atoms with van der Waals surface area (Å²) < 4.78 is 32.6. The minimum Gasteiger partial charge on any atom is -0.489 e. The van der Waals surface area contributed by atoms with Crippen molar-refractivity contribution in [1.82, 2.24) is 9.88 Å². The number of aryl methyl sites for hydroxylation is 2. The number of benzene rings is 2. The van der Waals surface area contributed by atoms with Crippen molar-refractivity contribution < 1.29 is 23.4 Å². The number of aromatic carboxylic acids is 1. The van der Waals surface area contributed by atoms with Gasteiger partial charge in [-0.15, -0.1) is 0 Å². The number of ether oxygens (including phenoxy) is 1. The van der Waals surface area contributed by atoms with E-state index in [1.807, 2.05) is 26.1 Å². The summed E-state index contributed by atoms with van der Waals surface area (Å²) in [6.45, 7) is 4.74. The number of aromatic nitrogens is 1. The average molecular weight is 428 g/mol. The minimum atomic E-state index is -2.40. The van der Waals surface area contributed by atoms with Gasteiger partial charge in [0.15, 0.2) is 0 Å². The number of alkyl halides is 2. The number of halogens is 2. The van der Waals surface area contributed by atoms with Crippen molar-refractivity contribution in [3.05, 3.63) is 64.8 Å². The molecule has 1 aliphatic heterocycles. The molecule has 4 rings (SSSR count). The van der Waals surface area contributed by atoms with Gasteiger partial charge in [0.05, 0.1) is 17.6 Å². The molecule has 3 aromatic rings. The molecule has 0 saturated carbocycles. The third-order valence-electron chi connectivity index (χ3n) is 6.06. The van der Waals surface area contributed by atoms with Gasteiger partial charge in [-0.3, -0.25) is 4.90 Å². The maximum absolute atomic E-state index is 13.0. The topological polar surface area (TPSA) is 65.6 Å². The van der Waals surface area contributed by atoms with Crippen LogP contribution < -0.4 is 4.74 Å². The van der Waals surface area contributed by atoms with Crippen LogP contribution >= 0.6 is 0 Å². The number of H-pyrrole nitrogens is 1. The lowest BCUT2D eigenvalue weighted by molar-refractivity contribution is 0.0354. The lowest BCUT2D eigenvalue weighted by Gasteiger charge is -2.39. The number of likely N-dealkylation sites (tertiary alicyclic amines) is 1. The Hall–Kier alpha value is -2.93. The Morgan fingerprint density at radius 3 is 2.65 bits per heavy atom. The Morgan fingerprint density at radius 1 is 1.23 bits per heavy atom. The summed E-state index contributed by atoms with van der Waals surface area (Å²) in [5, 5.41) is 10.2. The van der Waals surface area contributed by atoms with E-state index in [1.165, 1.54) is 0 Å². The number of rotatable bonds is 6. The van der Waals surface area contributed by atoms with Crippen LogP contribution in [0.5, 0.6) is 5.75 Å².